The van der Waals surface area contributed by atoms with Crippen molar-refractivity contribution in [3.63, 3.8) is 0 Å². The van der Waals surface area contributed by atoms with Gasteiger partial charge in [-0.2, -0.15) is 4.98 Å². The number of aromatic nitrogens is 3. The number of pyridine rings is 1. The molecular formula is C22H22F2N4O3. The van der Waals surface area contributed by atoms with Crippen LogP contribution in [-0.4, -0.2) is 52.7 Å². The number of ether oxygens (including phenoxy) is 1. The molecule has 0 bridgehead atoms. The second kappa shape index (κ2) is 8.89. The van der Waals surface area contributed by atoms with Crippen LogP contribution < -0.4 is 0 Å². The van der Waals surface area contributed by atoms with Gasteiger partial charge in [-0.25, -0.2) is 8.78 Å². The zero-order chi connectivity index (χ0) is 21.8. The Bertz CT molecular complexity index is 1050. The molecule has 3 aromatic rings. The molecule has 3 heterocycles. The Labute approximate surface area is 178 Å². The lowest BCUT2D eigenvalue weighted by Gasteiger charge is -2.39. The highest BCUT2D eigenvalue weighted by Gasteiger charge is 2.41. The van der Waals surface area contributed by atoms with E-state index in [1.54, 1.807) is 36.5 Å². The number of nitrogens with zero attached hydrogens (tertiary/aromatic N) is 4. The van der Waals surface area contributed by atoms with Gasteiger partial charge in [0.05, 0.1) is 0 Å². The number of rotatable bonds is 6. The third kappa shape index (κ3) is 4.32. The average Bonchev–Trinajstić information content (AvgIpc) is 3.31. The number of amides is 1. The van der Waals surface area contributed by atoms with Crippen LogP contribution in [0.15, 0.2) is 47.2 Å². The SMILES string of the molecule is COCCC1(c2noc(-c3ccncc3)n2)CCN(C(=O)c2ccc(F)c(F)c2)CC1. The molecule has 0 N–H and O–H groups in total. The van der Waals surface area contributed by atoms with E-state index in [0.29, 0.717) is 50.7 Å². The van der Waals surface area contributed by atoms with E-state index in [-0.39, 0.29) is 11.5 Å². The summed E-state index contributed by atoms with van der Waals surface area (Å²) in [7, 11) is 1.63. The first-order valence-corrected chi connectivity index (χ1v) is 10.0. The fourth-order valence-electron chi connectivity index (χ4n) is 3.88. The summed E-state index contributed by atoms with van der Waals surface area (Å²) in [4.78, 5) is 23.0. The number of benzene rings is 1. The van der Waals surface area contributed by atoms with Crippen molar-refractivity contribution in [2.45, 2.75) is 24.7 Å². The molecule has 0 radical (unpaired) electrons. The summed E-state index contributed by atoms with van der Waals surface area (Å²) in [6.07, 6.45) is 5.18. The summed E-state index contributed by atoms with van der Waals surface area (Å²) >= 11 is 0. The maximum absolute atomic E-state index is 13.5. The Morgan fingerprint density at radius 1 is 1.16 bits per heavy atom. The van der Waals surface area contributed by atoms with E-state index in [0.717, 1.165) is 17.7 Å². The molecule has 1 fully saturated rings. The minimum atomic E-state index is -1.03. The molecule has 1 aliphatic rings. The molecule has 1 aromatic carbocycles. The molecule has 7 nitrogen and oxygen atoms in total. The number of halogens is 2. The first kappa shape index (κ1) is 21.0. The van der Waals surface area contributed by atoms with Crippen LogP contribution in [0.4, 0.5) is 8.78 Å². The summed E-state index contributed by atoms with van der Waals surface area (Å²) < 4.78 is 37.5. The summed E-state index contributed by atoms with van der Waals surface area (Å²) in [5.41, 5.74) is 0.500. The van der Waals surface area contributed by atoms with Gasteiger partial charge in [-0.3, -0.25) is 9.78 Å². The van der Waals surface area contributed by atoms with Gasteiger partial charge in [0, 0.05) is 55.7 Å². The van der Waals surface area contributed by atoms with Crippen molar-refractivity contribution in [2.24, 2.45) is 0 Å². The second-order valence-electron chi connectivity index (χ2n) is 7.60. The number of methoxy groups -OCH3 is 1. The smallest absolute Gasteiger partial charge is 0.258 e. The van der Waals surface area contributed by atoms with Crippen LogP contribution in [0.1, 0.15) is 35.4 Å². The molecular weight excluding hydrogens is 406 g/mol. The van der Waals surface area contributed by atoms with Crippen LogP contribution in [-0.2, 0) is 10.2 Å². The molecule has 1 amide bonds. The van der Waals surface area contributed by atoms with E-state index in [1.165, 1.54) is 6.07 Å². The zero-order valence-electron chi connectivity index (χ0n) is 17.1. The Hall–Kier alpha value is -3.20. The van der Waals surface area contributed by atoms with E-state index < -0.39 is 17.0 Å². The number of carbonyl (C=O) groups is 1. The molecule has 0 spiro atoms. The lowest BCUT2D eigenvalue weighted by Crippen LogP contribution is -2.46. The van der Waals surface area contributed by atoms with Crippen molar-refractivity contribution in [1.82, 2.24) is 20.0 Å². The normalized spacial score (nSPS) is 15.8. The summed E-state index contributed by atoms with van der Waals surface area (Å²) in [6.45, 7) is 1.37. The van der Waals surface area contributed by atoms with Gasteiger partial charge in [0.1, 0.15) is 0 Å². The molecule has 1 aliphatic heterocycles. The Kier molecular flexibility index (Phi) is 6.03. The minimum absolute atomic E-state index is 0.128. The number of piperidine rings is 1. The second-order valence-corrected chi connectivity index (χ2v) is 7.60. The molecule has 4 rings (SSSR count). The highest BCUT2D eigenvalue weighted by Crippen LogP contribution is 2.38. The van der Waals surface area contributed by atoms with Crippen molar-refractivity contribution >= 4 is 5.91 Å². The molecule has 0 atom stereocenters. The predicted octanol–water partition coefficient (Wildman–Crippen LogP) is 3.62. The number of hydrogen-bond acceptors (Lipinski definition) is 6. The maximum Gasteiger partial charge on any atom is 0.258 e. The van der Waals surface area contributed by atoms with Crippen molar-refractivity contribution in [3.8, 4) is 11.5 Å². The van der Waals surface area contributed by atoms with Gasteiger partial charge in [0.25, 0.3) is 11.8 Å². The van der Waals surface area contributed by atoms with E-state index in [9.17, 15) is 13.6 Å². The highest BCUT2D eigenvalue weighted by atomic mass is 19.2. The van der Waals surface area contributed by atoms with E-state index in [1.807, 2.05) is 0 Å². The Morgan fingerprint density at radius 2 is 1.90 bits per heavy atom. The van der Waals surface area contributed by atoms with Gasteiger partial charge < -0.3 is 14.2 Å². The molecule has 31 heavy (non-hydrogen) atoms. The maximum atomic E-state index is 13.5. The molecule has 0 unspecified atom stereocenters. The minimum Gasteiger partial charge on any atom is -0.385 e. The van der Waals surface area contributed by atoms with Gasteiger partial charge in [-0.1, -0.05) is 5.16 Å². The third-order valence-corrected chi connectivity index (χ3v) is 5.79. The van der Waals surface area contributed by atoms with E-state index in [4.69, 9.17) is 9.26 Å². The molecule has 1 saturated heterocycles. The molecule has 9 heteroatoms. The van der Waals surface area contributed by atoms with Crippen molar-refractivity contribution < 1.29 is 22.8 Å². The highest BCUT2D eigenvalue weighted by molar-refractivity contribution is 5.94. The van der Waals surface area contributed by atoms with Crippen LogP contribution in [0.3, 0.4) is 0 Å². The monoisotopic (exact) mass is 428 g/mol. The van der Waals surface area contributed by atoms with Crippen molar-refractivity contribution in [3.05, 3.63) is 65.7 Å². The predicted molar refractivity (Wildman–Crippen MR) is 107 cm³/mol. The summed E-state index contributed by atoms with van der Waals surface area (Å²) in [5, 5.41) is 4.23. The van der Waals surface area contributed by atoms with E-state index >= 15 is 0 Å². The van der Waals surface area contributed by atoms with Crippen molar-refractivity contribution in [1.29, 1.82) is 0 Å². The van der Waals surface area contributed by atoms with Gasteiger partial charge in [-0.15, -0.1) is 0 Å². The van der Waals surface area contributed by atoms with E-state index in [2.05, 4.69) is 15.1 Å². The number of carbonyl (C=O) groups excluding carboxylic acids is 1. The quantitative estimate of drug-likeness (QED) is 0.597. The largest absolute Gasteiger partial charge is 0.385 e. The third-order valence-electron chi connectivity index (χ3n) is 5.79. The lowest BCUT2D eigenvalue weighted by atomic mass is 9.75. The fourth-order valence-corrected chi connectivity index (χ4v) is 3.88. The van der Waals surface area contributed by atoms with Gasteiger partial charge in [-0.05, 0) is 49.6 Å². The summed E-state index contributed by atoms with van der Waals surface area (Å²) in [6, 6.07) is 6.79. The molecule has 2 aromatic heterocycles. The number of likely N-dealkylation sites (tertiary alicyclic amines) is 1. The Morgan fingerprint density at radius 3 is 2.58 bits per heavy atom. The zero-order valence-corrected chi connectivity index (χ0v) is 17.1. The molecule has 0 aliphatic carbocycles. The van der Waals surface area contributed by atoms with Gasteiger partial charge >= 0.3 is 0 Å². The van der Waals surface area contributed by atoms with Crippen LogP contribution in [0.5, 0.6) is 0 Å². The first-order valence-electron chi connectivity index (χ1n) is 10.0. The molecule has 162 valence electrons. The topological polar surface area (TPSA) is 81.3 Å². The van der Waals surface area contributed by atoms with Crippen LogP contribution in [0.2, 0.25) is 0 Å². The van der Waals surface area contributed by atoms with Crippen LogP contribution in [0, 0.1) is 11.6 Å². The van der Waals surface area contributed by atoms with Crippen LogP contribution in [0.25, 0.3) is 11.5 Å². The number of hydrogen-bond donors (Lipinski definition) is 0. The summed E-state index contributed by atoms with van der Waals surface area (Å²) in [5.74, 6) is -1.35. The molecule has 0 saturated carbocycles. The van der Waals surface area contributed by atoms with Gasteiger partial charge in [0.15, 0.2) is 17.5 Å². The standard InChI is InChI=1S/C22H22F2N4O3/c1-30-13-8-22(21-26-19(31-27-21)15-4-9-25-10-5-15)6-11-28(12-7-22)20(29)16-2-3-17(23)18(24)14-16/h2-5,9-10,14H,6-8,11-13H2,1H3. The van der Waals surface area contributed by atoms with Gasteiger partial charge in [0.2, 0.25) is 0 Å². The first-order chi connectivity index (χ1) is 15.0. The Balaban J connectivity index is 1.53. The van der Waals surface area contributed by atoms with Crippen LogP contribution >= 0.6 is 0 Å². The average molecular weight is 428 g/mol. The van der Waals surface area contributed by atoms with Crippen molar-refractivity contribution in [2.75, 3.05) is 26.8 Å². The fraction of sp³-hybridized carbons (Fsp3) is 0.364. The lowest BCUT2D eigenvalue weighted by molar-refractivity contribution is 0.0615.